The van der Waals surface area contributed by atoms with Gasteiger partial charge in [-0.15, -0.1) is 0 Å². The molecule has 0 atom stereocenters. The molecule has 1 aromatic rings. The van der Waals surface area contributed by atoms with Gasteiger partial charge in [-0.3, -0.25) is 14.4 Å². The molecule has 2 heterocycles. The van der Waals surface area contributed by atoms with Crippen LogP contribution in [0.15, 0.2) is 24.3 Å². The summed E-state index contributed by atoms with van der Waals surface area (Å²) in [5.74, 6) is -1.20. The Bertz CT molecular complexity index is 644. The van der Waals surface area contributed by atoms with Crippen molar-refractivity contribution in [3.05, 3.63) is 29.8 Å². The van der Waals surface area contributed by atoms with Crippen LogP contribution in [0.25, 0.3) is 0 Å². The summed E-state index contributed by atoms with van der Waals surface area (Å²) in [6, 6.07) is 7.86. The van der Waals surface area contributed by atoms with Crippen molar-refractivity contribution in [2.24, 2.45) is 0 Å². The second-order valence-electron chi connectivity index (χ2n) is 5.89. The lowest BCUT2D eigenvalue weighted by Crippen LogP contribution is -2.56. The smallest absolute Gasteiger partial charge is 0.312 e. The van der Waals surface area contributed by atoms with Gasteiger partial charge in [0.25, 0.3) is 0 Å². The minimum atomic E-state index is -0.572. The van der Waals surface area contributed by atoms with Crippen LogP contribution in [0.2, 0.25) is 0 Å². The van der Waals surface area contributed by atoms with Crippen molar-refractivity contribution in [2.75, 3.05) is 37.6 Å². The molecule has 0 aromatic heterocycles. The highest BCUT2D eigenvalue weighted by Crippen LogP contribution is 2.26. The number of anilines is 1. The minimum Gasteiger partial charge on any atom is -0.333 e. The van der Waals surface area contributed by atoms with E-state index in [9.17, 15) is 14.4 Å². The second-order valence-corrected chi connectivity index (χ2v) is 5.89. The Balaban J connectivity index is 1.71. The monoisotopic (exact) mass is 315 g/mol. The Morgan fingerprint density at radius 2 is 1.74 bits per heavy atom. The summed E-state index contributed by atoms with van der Waals surface area (Å²) in [7, 11) is 0. The maximum Gasteiger partial charge on any atom is 0.312 e. The maximum absolute atomic E-state index is 12.6. The number of nitrogens with zero attached hydrogens (tertiary/aromatic N) is 3. The van der Waals surface area contributed by atoms with Gasteiger partial charge in [-0.2, -0.15) is 0 Å². The summed E-state index contributed by atoms with van der Waals surface area (Å²) < 4.78 is 0. The molecule has 0 aliphatic carbocycles. The van der Waals surface area contributed by atoms with Gasteiger partial charge in [0.2, 0.25) is 5.91 Å². The Hall–Kier alpha value is -2.37. The van der Waals surface area contributed by atoms with Crippen LogP contribution in [0, 0.1) is 0 Å². The molecule has 0 radical (unpaired) electrons. The van der Waals surface area contributed by atoms with Gasteiger partial charge in [-0.25, -0.2) is 0 Å². The molecule has 0 N–H and O–H groups in total. The van der Waals surface area contributed by atoms with Gasteiger partial charge in [0, 0.05) is 31.9 Å². The second kappa shape index (κ2) is 6.40. The number of rotatable bonds is 3. The molecule has 0 saturated carbocycles. The minimum absolute atomic E-state index is 0.0313. The van der Waals surface area contributed by atoms with Crippen molar-refractivity contribution < 1.29 is 14.4 Å². The van der Waals surface area contributed by atoms with Crippen LogP contribution in [0.3, 0.4) is 0 Å². The summed E-state index contributed by atoms with van der Waals surface area (Å²) >= 11 is 0. The first-order valence-corrected chi connectivity index (χ1v) is 8.08. The molecule has 6 heteroatoms. The first-order chi connectivity index (χ1) is 11.1. The van der Waals surface area contributed by atoms with Gasteiger partial charge in [0.05, 0.1) is 0 Å². The van der Waals surface area contributed by atoms with Crippen LogP contribution in [-0.2, 0) is 20.8 Å². The predicted molar refractivity (Wildman–Crippen MR) is 86.0 cm³/mol. The number of amides is 3. The predicted octanol–water partition coefficient (Wildman–Crippen LogP) is 0.656. The van der Waals surface area contributed by atoms with E-state index in [0.717, 1.165) is 24.1 Å². The highest BCUT2D eigenvalue weighted by Gasteiger charge is 2.34. The number of hydrogen-bond donors (Lipinski definition) is 0. The van der Waals surface area contributed by atoms with E-state index in [0.29, 0.717) is 26.2 Å². The van der Waals surface area contributed by atoms with E-state index in [-0.39, 0.29) is 12.5 Å². The quantitative estimate of drug-likeness (QED) is 0.770. The van der Waals surface area contributed by atoms with Crippen molar-refractivity contribution in [3.8, 4) is 0 Å². The number of hydrogen-bond acceptors (Lipinski definition) is 3. The summed E-state index contributed by atoms with van der Waals surface area (Å²) in [4.78, 5) is 41.3. The number of carbonyl (C=O) groups is 3. The molecule has 23 heavy (non-hydrogen) atoms. The number of piperazine rings is 1. The summed E-state index contributed by atoms with van der Waals surface area (Å²) in [6.07, 6.45) is 1.88. The molecule has 2 aliphatic heterocycles. The van der Waals surface area contributed by atoms with Crippen LogP contribution in [0.1, 0.15) is 18.9 Å². The van der Waals surface area contributed by atoms with E-state index in [4.69, 9.17) is 0 Å². The van der Waals surface area contributed by atoms with Gasteiger partial charge >= 0.3 is 11.8 Å². The van der Waals surface area contributed by atoms with Crippen molar-refractivity contribution in [1.82, 2.24) is 9.80 Å². The molecule has 0 bridgehead atoms. The van der Waals surface area contributed by atoms with Crippen LogP contribution in [0.4, 0.5) is 5.69 Å². The fraction of sp³-hybridized carbons (Fsp3) is 0.471. The number of likely N-dealkylation sites (N-methyl/N-ethyl adjacent to an activating group) is 1. The van der Waals surface area contributed by atoms with Crippen molar-refractivity contribution in [2.45, 2.75) is 19.8 Å². The largest absolute Gasteiger partial charge is 0.333 e. The number of carbonyl (C=O) groups excluding carboxylic acids is 3. The Labute approximate surface area is 135 Å². The van der Waals surface area contributed by atoms with E-state index in [1.165, 1.54) is 9.80 Å². The summed E-state index contributed by atoms with van der Waals surface area (Å²) in [6.45, 7) is 3.90. The van der Waals surface area contributed by atoms with Gasteiger partial charge in [0.15, 0.2) is 0 Å². The summed E-state index contributed by atoms with van der Waals surface area (Å²) in [5.41, 5.74) is 2.08. The maximum atomic E-state index is 12.6. The molecule has 3 rings (SSSR count). The average molecular weight is 315 g/mol. The Morgan fingerprint density at radius 1 is 1.04 bits per heavy atom. The van der Waals surface area contributed by atoms with Gasteiger partial charge in [-0.1, -0.05) is 18.2 Å². The zero-order valence-corrected chi connectivity index (χ0v) is 13.3. The molecule has 122 valence electrons. The topological polar surface area (TPSA) is 60.9 Å². The molecule has 3 amide bonds. The molecule has 0 unspecified atom stereocenters. The third-order valence-electron chi connectivity index (χ3n) is 4.52. The number of fused-ring (bicyclic) bond motifs is 1. The fourth-order valence-corrected chi connectivity index (χ4v) is 3.21. The van der Waals surface area contributed by atoms with Crippen molar-refractivity contribution >= 4 is 23.4 Å². The van der Waals surface area contributed by atoms with Crippen LogP contribution in [-0.4, -0.2) is 60.2 Å². The lowest BCUT2D eigenvalue weighted by Gasteiger charge is -2.35. The van der Waals surface area contributed by atoms with Crippen molar-refractivity contribution in [3.63, 3.8) is 0 Å². The number of aryl methyl sites for hydroxylation is 1. The van der Waals surface area contributed by atoms with E-state index in [1.807, 2.05) is 31.2 Å². The highest BCUT2D eigenvalue weighted by atomic mass is 16.2. The molecule has 0 spiro atoms. The van der Waals surface area contributed by atoms with E-state index < -0.39 is 11.8 Å². The Kier molecular flexibility index (Phi) is 4.32. The molecule has 1 fully saturated rings. The third kappa shape index (κ3) is 2.93. The molecular formula is C17H21N3O3. The van der Waals surface area contributed by atoms with Crippen LogP contribution >= 0.6 is 0 Å². The molecule has 1 aromatic carbocycles. The SMILES string of the molecule is CCN1CCN(CC(=O)N2CCCc3ccccc32)C(=O)C1=O. The standard InChI is InChI=1S/C17H21N3O3/c1-2-18-10-11-19(17(23)16(18)22)12-15(21)20-9-5-7-13-6-3-4-8-14(13)20/h3-4,6,8H,2,5,7,9-12H2,1H3. The number of benzene rings is 1. The third-order valence-corrected chi connectivity index (χ3v) is 4.52. The summed E-state index contributed by atoms with van der Waals surface area (Å²) in [5, 5.41) is 0. The fourth-order valence-electron chi connectivity index (χ4n) is 3.21. The lowest BCUT2D eigenvalue weighted by molar-refractivity contribution is -0.156. The van der Waals surface area contributed by atoms with Gasteiger partial charge < -0.3 is 14.7 Å². The van der Waals surface area contributed by atoms with Crippen LogP contribution in [0.5, 0.6) is 0 Å². The Morgan fingerprint density at radius 3 is 2.52 bits per heavy atom. The first kappa shape index (κ1) is 15.5. The average Bonchev–Trinajstić information content (AvgIpc) is 2.58. The van der Waals surface area contributed by atoms with Crippen molar-refractivity contribution in [1.29, 1.82) is 0 Å². The zero-order valence-electron chi connectivity index (χ0n) is 13.3. The van der Waals surface area contributed by atoms with E-state index >= 15 is 0 Å². The van der Waals surface area contributed by atoms with Crippen LogP contribution < -0.4 is 4.90 Å². The zero-order chi connectivity index (χ0) is 16.4. The highest BCUT2D eigenvalue weighted by molar-refractivity contribution is 6.35. The molecule has 2 aliphatic rings. The van der Waals surface area contributed by atoms with E-state index in [2.05, 4.69) is 0 Å². The number of para-hydroxylation sites is 1. The normalized spacial score (nSPS) is 18.2. The van der Waals surface area contributed by atoms with E-state index in [1.54, 1.807) is 4.90 Å². The molecular weight excluding hydrogens is 294 g/mol. The van der Waals surface area contributed by atoms with Gasteiger partial charge in [0.1, 0.15) is 6.54 Å². The lowest BCUT2D eigenvalue weighted by atomic mass is 10.0. The van der Waals surface area contributed by atoms with Gasteiger partial charge in [-0.05, 0) is 31.4 Å². The first-order valence-electron chi connectivity index (χ1n) is 8.08. The molecule has 1 saturated heterocycles. The molecule has 6 nitrogen and oxygen atoms in total.